The van der Waals surface area contributed by atoms with E-state index in [0.717, 1.165) is 29.7 Å². The van der Waals surface area contributed by atoms with E-state index in [-0.39, 0.29) is 6.10 Å². The summed E-state index contributed by atoms with van der Waals surface area (Å²) in [5.74, 6) is 0.879. The fourth-order valence-electron chi connectivity index (χ4n) is 2.78. The van der Waals surface area contributed by atoms with E-state index in [2.05, 4.69) is 63.1 Å². The zero-order valence-corrected chi connectivity index (χ0v) is 13.7. The largest absolute Gasteiger partial charge is 0.488 e. The van der Waals surface area contributed by atoms with E-state index in [1.165, 1.54) is 5.56 Å². The molecule has 1 aliphatic rings. The van der Waals surface area contributed by atoms with E-state index < -0.39 is 0 Å². The highest BCUT2D eigenvalue weighted by Crippen LogP contribution is 2.29. The predicted octanol–water partition coefficient (Wildman–Crippen LogP) is 4.06. The van der Waals surface area contributed by atoms with Crippen LogP contribution in [0.15, 0.2) is 53.3 Å². The Balaban J connectivity index is 1.62. The first-order valence-corrected chi connectivity index (χ1v) is 8.08. The number of hydrogen-bond donors (Lipinski definition) is 0. The first kappa shape index (κ1) is 14.5. The average molecular weight is 347 g/mol. The average Bonchev–Trinajstić information content (AvgIpc) is 2.98. The summed E-state index contributed by atoms with van der Waals surface area (Å²) in [6.07, 6.45) is 4.84. The van der Waals surface area contributed by atoms with Crippen molar-refractivity contribution in [1.29, 1.82) is 0 Å². The van der Waals surface area contributed by atoms with Crippen molar-refractivity contribution in [2.24, 2.45) is 0 Å². The molecule has 1 fully saturated rings. The van der Waals surface area contributed by atoms with Crippen LogP contribution in [0.1, 0.15) is 24.9 Å². The predicted molar refractivity (Wildman–Crippen MR) is 87.4 cm³/mol. The highest BCUT2D eigenvalue weighted by atomic mass is 79.9. The third-order valence-electron chi connectivity index (χ3n) is 4.04. The lowest BCUT2D eigenvalue weighted by molar-refractivity contribution is 0.182. The van der Waals surface area contributed by atoms with Gasteiger partial charge < -0.3 is 4.74 Å². The molecule has 3 nitrogen and oxygen atoms in total. The Labute approximate surface area is 134 Å². The van der Waals surface area contributed by atoms with Gasteiger partial charge >= 0.3 is 0 Å². The molecule has 0 radical (unpaired) electrons. The van der Waals surface area contributed by atoms with Gasteiger partial charge in [-0.2, -0.15) is 0 Å². The van der Waals surface area contributed by atoms with Gasteiger partial charge in [-0.25, -0.2) is 0 Å². The van der Waals surface area contributed by atoms with Gasteiger partial charge in [0, 0.05) is 31.5 Å². The minimum Gasteiger partial charge on any atom is -0.488 e. The van der Waals surface area contributed by atoms with Gasteiger partial charge in [-0.05, 0) is 40.9 Å². The van der Waals surface area contributed by atoms with E-state index in [1.54, 1.807) is 12.4 Å². The van der Waals surface area contributed by atoms with Crippen LogP contribution in [0, 0.1) is 0 Å². The second-order valence-electron chi connectivity index (χ2n) is 5.42. The summed E-state index contributed by atoms with van der Waals surface area (Å²) in [6.45, 7) is 4.30. The Morgan fingerprint density at radius 2 is 2.10 bits per heavy atom. The standard InChI is InChI=1S/C17H19BrN2O/c1-13(14-5-3-2-4-6-14)20-10-8-15(12-20)21-17-7-9-19-11-16(17)18/h2-7,9,11,13,15H,8,10,12H2,1H3. The van der Waals surface area contributed by atoms with Crippen molar-refractivity contribution in [3.05, 3.63) is 58.8 Å². The third-order valence-corrected chi connectivity index (χ3v) is 4.63. The molecule has 1 aromatic carbocycles. The van der Waals surface area contributed by atoms with Crippen LogP contribution in [-0.2, 0) is 0 Å². The molecule has 2 atom stereocenters. The van der Waals surface area contributed by atoms with Crippen molar-refractivity contribution in [2.75, 3.05) is 13.1 Å². The zero-order chi connectivity index (χ0) is 14.7. The molecule has 4 heteroatoms. The van der Waals surface area contributed by atoms with Crippen molar-refractivity contribution in [3.63, 3.8) is 0 Å². The van der Waals surface area contributed by atoms with Crippen LogP contribution >= 0.6 is 15.9 Å². The van der Waals surface area contributed by atoms with Crippen molar-refractivity contribution in [1.82, 2.24) is 9.88 Å². The quantitative estimate of drug-likeness (QED) is 0.834. The number of rotatable bonds is 4. The van der Waals surface area contributed by atoms with Gasteiger partial charge in [-0.1, -0.05) is 30.3 Å². The van der Waals surface area contributed by atoms with Crippen molar-refractivity contribution in [2.45, 2.75) is 25.5 Å². The summed E-state index contributed by atoms with van der Waals surface area (Å²) in [7, 11) is 0. The van der Waals surface area contributed by atoms with Crippen molar-refractivity contribution < 1.29 is 4.74 Å². The lowest BCUT2D eigenvalue weighted by Gasteiger charge is -2.24. The number of nitrogens with zero attached hydrogens (tertiary/aromatic N) is 2. The summed E-state index contributed by atoms with van der Waals surface area (Å²) in [5.41, 5.74) is 1.36. The van der Waals surface area contributed by atoms with Crippen LogP contribution in [0.4, 0.5) is 0 Å². The maximum absolute atomic E-state index is 6.09. The molecule has 0 amide bonds. The van der Waals surface area contributed by atoms with E-state index >= 15 is 0 Å². The number of benzene rings is 1. The normalized spacial score (nSPS) is 20.4. The second-order valence-corrected chi connectivity index (χ2v) is 6.27. The van der Waals surface area contributed by atoms with Crippen molar-refractivity contribution >= 4 is 15.9 Å². The number of likely N-dealkylation sites (tertiary alicyclic amines) is 1. The fourth-order valence-corrected chi connectivity index (χ4v) is 3.13. The molecule has 1 aromatic heterocycles. The molecular weight excluding hydrogens is 328 g/mol. The van der Waals surface area contributed by atoms with Crippen LogP contribution < -0.4 is 4.74 Å². The molecule has 0 N–H and O–H groups in total. The van der Waals surface area contributed by atoms with E-state index in [4.69, 9.17) is 4.74 Å². The minimum absolute atomic E-state index is 0.245. The molecule has 0 spiro atoms. The molecule has 1 aliphatic heterocycles. The van der Waals surface area contributed by atoms with Gasteiger partial charge in [-0.3, -0.25) is 9.88 Å². The summed E-state index contributed by atoms with van der Waals surface area (Å²) in [5, 5.41) is 0. The van der Waals surface area contributed by atoms with Gasteiger partial charge in [0.25, 0.3) is 0 Å². The molecule has 1 saturated heterocycles. The van der Waals surface area contributed by atoms with Crippen LogP contribution in [0.5, 0.6) is 5.75 Å². The maximum atomic E-state index is 6.09. The SMILES string of the molecule is CC(c1ccccc1)N1CCC(Oc2ccncc2Br)C1. The van der Waals surface area contributed by atoms with Gasteiger partial charge in [0.15, 0.2) is 0 Å². The Bertz CT molecular complexity index is 590. The Morgan fingerprint density at radius 1 is 1.29 bits per heavy atom. The molecule has 2 unspecified atom stereocenters. The molecule has 0 bridgehead atoms. The molecule has 0 saturated carbocycles. The summed E-state index contributed by atoms with van der Waals surface area (Å²) >= 11 is 3.48. The van der Waals surface area contributed by atoms with E-state index in [1.807, 2.05) is 6.07 Å². The monoisotopic (exact) mass is 346 g/mol. The number of ether oxygens (including phenoxy) is 1. The Kier molecular flexibility index (Phi) is 4.56. The highest BCUT2D eigenvalue weighted by Gasteiger charge is 2.28. The summed E-state index contributed by atoms with van der Waals surface area (Å²) in [4.78, 5) is 6.55. The topological polar surface area (TPSA) is 25.4 Å². The maximum Gasteiger partial charge on any atom is 0.137 e. The van der Waals surface area contributed by atoms with Gasteiger partial charge in [0.1, 0.15) is 11.9 Å². The first-order valence-electron chi connectivity index (χ1n) is 7.29. The van der Waals surface area contributed by atoms with Gasteiger partial charge in [-0.15, -0.1) is 0 Å². The van der Waals surface area contributed by atoms with Gasteiger partial charge in [0.05, 0.1) is 4.47 Å². The second kappa shape index (κ2) is 6.58. The lowest BCUT2D eigenvalue weighted by atomic mass is 10.1. The van der Waals surface area contributed by atoms with Crippen LogP contribution in [0.3, 0.4) is 0 Å². The zero-order valence-electron chi connectivity index (χ0n) is 12.1. The van der Waals surface area contributed by atoms with E-state index in [9.17, 15) is 0 Å². The molecule has 2 aromatic rings. The summed E-state index contributed by atoms with van der Waals surface area (Å²) in [6, 6.07) is 13.0. The molecule has 0 aliphatic carbocycles. The Morgan fingerprint density at radius 3 is 2.86 bits per heavy atom. The summed E-state index contributed by atoms with van der Waals surface area (Å²) < 4.78 is 7.01. The fraction of sp³-hybridized carbons (Fsp3) is 0.353. The Hall–Kier alpha value is -1.39. The molecular formula is C17H19BrN2O. The lowest BCUT2D eigenvalue weighted by Crippen LogP contribution is -2.27. The van der Waals surface area contributed by atoms with E-state index in [0.29, 0.717) is 6.04 Å². The number of aromatic nitrogens is 1. The smallest absolute Gasteiger partial charge is 0.137 e. The minimum atomic E-state index is 0.245. The molecule has 110 valence electrons. The van der Waals surface area contributed by atoms with Crippen LogP contribution in [0.25, 0.3) is 0 Å². The molecule has 3 rings (SSSR count). The third kappa shape index (κ3) is 3.44. The van der Waals surface area contributed by atoms with Crippen LogP contribution in [0.2, 0.25) is 0 Å². The number of hydrogen-bond acceptors (Lipinski definition) is 3. The number of pyridine rings is 1. The molecule has 21 heavy (non-hydrogen) atoms. The highest BCUT2D eigenvalue weighted by molar-refractivity contribution is 9.10. The first-order chi connectivity index (χ1) is 10.2. The number of halogens is 1. The van der Waals surface area contributed by atoms with Crippen molar-refractivity contribution in [3.8, 4) is 5.75 Å². The molecule has 2 heterocycles. The van der Waals surface area contributed by atoms with Crippen LogP contribution in [-0.4, -0.2) is 29.1 Å². The van der Waals surface area contributed by atoms with Gasteiger partial charge in [0.2, 0.25) is 0 Å².